The highest BCUT2D eigenvalue weighted by Gasteiger charge is 2.16. The molecule has 9 heteroatoms. The zero-order valence-corrected chi connectivity index (χ0v) is 20.8. The molecule has 0 amide bonds. The zero-order valence-electron chi connectivity index (χ0n) is 17.6. The summed E-state index contributed by atoms with van der Waals surface area (Å²) < 4.78 is 41.1. The number of nitrogens with one attached hydrogen (secondary N) is 3. The normalized spacial score (nSPS) is 14.8. The van der Waals surface area contributed by atoms with E-state index in [-0.39, 0.29) is 35.4 Å². The van der Waals surface area contributed by atoms with Crippen LogP contribution in [0.15, 0.2) is 58.4 Å². The first-order valence-corrected chi connectivity index (χ1v) is 11.8. The van der Waals surface area contributed by atoms with Gasteiger partial charge >= 0.3 is 0 Å². The van der Waals surface area contributed by atoms with Crippen LogP contribution in [0, 0.1) is 5.82 Å². The van der Waals surface area contributed by atoms with Gasteiger partial charge in [-0.15, -0.1) is 24.0 Å². The number of sulfonamides is 1. The zero-order chi connectivity index (χ0) is 21.4. The lowest BCUT2D eigenvalue weighted by atomic mass is 10.2. The topological polar surface area (TPSA) is 82.6 Å². The Morgan fingerprint density at radius 1 is 1.10 bits per heavy atom. The van der Waals surface area contributed by atoms with Crippen molar-refractivity contribution in [2.75, 3.05) is 6.54 Å². The Kier molecular flexibility index (Phi) is 10.2. The summed E-state index contributed by atoms with van der Waals surface area (Å²) in [6.07, 6.45) is 4.77. The van der Waals surface area contributed by atoms with Crippen LogP contribution in [0.1, 0.15) is 43.7 Å². The standard InChI is InChI=1S/C22H29FN4O2S.HI/c1-2-24-22(27-20-10-3-4-11-20)25-15-18-8-6-12-21(14-18)30(28,29)26-16-17-7-5-9-19(23)13-17;/h5-9,12-14,20,26H,2-4,10-11,15-16H2,1H3,(H2,24,25,27);1H. The summed E-state index contributed by atoms with van der Waals surface area (Å²) in [6, 6.07) is 13.0. The summed E-state index contributed by atoms with van der Waals surface area (Å²) in [5.41, 5.74) is 1.36. The lowest BCUT2D eigenvalue weighted by molar-refractivity contribution is 0.580. The van der Waals surface area contributed by atoms with E-state index in [0.717, 1.165) is 30.9 Å². The maximum absolute atomic E-state index is 13.3. The minimum Gasteiger partial charge on any atom is -0.357 e. The van der Waals surface area contributed by atoms with E-state index >= 15 is 0 Å². The molecule has 0 aliphatic heterocycles. The molecule has 0 spiro atoms. The highest BCUT2D eigenvalue weighted by Crippen LogP contribution is 2.18. The summed E-state index contributed by atoms with van der Waals surface area (Å²) in [7, 11) is -3.71. The van der Waals surface area contributed by atoms with Crippen molar-refractivity contribution in [3.63, 3.8) is 0 Å². The first-order chi connectivity index (χ1) is 14.5. The fraction of sp³-hybridized carbons (Fsp3) is 0.409. The van der Waals surface area contributed by atoms with Crippen LogP contribution in [-0.4, -0.2) is 27.0 Å². The van der Waals surface area contributed by atoms with E-state index in [1.807, 2.05) is 13.0 Å². The van der Waals surface area contributed by atoms with E-state index in [2.05, 4.69) is 20.3 Å². The van der Waals surface area contributed by atoms with Gasteiger partial charge in [-0.05, 0) is 55.2 Å². The Labute approximate surface area is 201 Å². The van der Waals surface area contributed by atoms with Gasteiger partial charge in [-0.25, -0.2) is 22.5 Å². The molecule has 0 radical (unpaired) electrons. The minimum atomic E-state index is -3.71. The van der Waals surface area contributed by atoms with Crippen LogP contribution in [0.5, 0.6) is 0 Å². The van der Waals surface area contributed by atoms with Crippen LogP contribution >= 0.6 is 24.0 Å². The molecule has 1 fully saturated rings. The third-order valence-corrected chi connectivity index (χ3v) is 6.42. The number of nitrogens with zero attached hydrogens (tertiary/aromatic N) is 1. The molecule has 3 rings (SSSR count). The smallest absolute Gasteiger partial charge is 0.240 e. The maximum Gasteiger partial charge on any atom is 0.240 e. The van der Waals surface area contributed by atoms with Crippen LogP contribution in [0.2, 0.25) is 0 Å². The second-order valence-corrected chi connectivity index (χ2v) is 9.19. The van der Waals surface area contributed by atoms with Crippen molar-refractivity contribution in [2.45, 2.75) is 56.6 Å². The molecule has 0 heterocycles. The maximum atomic E-state index is 13.3. The van der Waals surface area contributed by atoms with E-state index in [1.165, 1.54) is 25.0 Å². The number of benzene rings is 2. The summed E-state index contributed by atoms with van der Waals surface area (Å²) in [6.45, 7) is 3.17. The van der Waals surface area contributed by atoms with E-state index in [9.17, 15) is 12.8 Å². The summed E-state index contributed by atoms with van der Waals surface area (Å²) in [5.74, 6) is 0.358. The third kappa shape index (κ3) is 8.04. The number of hydrogen-bond donors (Lipinski definition) is 3. The van der Waals surface area contributed by atoms with Crippen LogP contribution in [0.4, 0.5) is 4.39 Å². The lowest BCUT2D eigenvalue weighted by Gasteiger charge is -2.16. The van der Waals surface area contributed by atoms with E-state index < -0.39 is 15.8 Å². The predicted octanol–water partition coefficient (Wildman–Crippen LogP) is 3.92. The van der Waals surface area contributed by atoms with Crippen LogP contribution in [0.25, 0.3) is 0 Å². The second-order valence-electron chi connectivity index (χ2n) is 7.42. The van der Waals surface area contributed by atoms with Crippen LogP contribution in [-0.2, 0) is 23.1 Å². The first-order valence-electron chi connectivity index (χ1n) is 10.3. The van der Waals surface area contributed by atoms with Crippen molar-refractivity contribution < 1.29 is 12.8 Å². The Hall–Kier alpha value is -1.72. The molecule has 0 unspecified atom stereocenters. The van der Waals surface area contributed by atoms with Crippen molar-refractivity contribution in [1.82, 2.24) is 15.4 Å². The fourth-order valence-corrected chi connectivity index (χ4v) is 4.56. The molecule has 2 aromatic rings. The van der Waals surface area contributed by atoms with Crippen molar-refractivity contribution in [3.8, 4) is 0 Å². The molecule has 0 bridgehead atoms. The molecule has 170 valence electrons. The number of halogens is 2. The average Bonchev–Trinajstić information content (AvgIpc) is 3.24. The van der Waals surface area contributed by atoms with E-state index in [4.69, 9.17) is 0 Å². The lowest BCUT2D eigenvalue weighted by Crippen LogP contribution is -2.42. The fourth-order valence-electron chi connectivity index (χ4n) is 3.47. The Bertz CT molecular complexity index is 979. The molecule has 1 aliphatic carbocycles. The Morgan fingerprint density at radius 2 is 1.81 bits per heavy atom. The van der Waals surface area contributed by atoms with Gasteiger partial charge in [0.1, 0.15) is 5.82 Å². The molecule has 1 aliphatic rings. The van der Waals surface area contributed by atoms with Gasteiger partial charge in [0.05, 0.1) is 11.4 Å². The highest BCUT2D eigenvalue weighted by atomic mass is 127. The van der Waals surface area contributed by atoms with E-state index in [1.54, 1.807) is 30.3 Å². The molecule has 31 heavy (non-hydrogen) atoms. The van der Waals surface area contributed by atoms with Gasteiger partial charge in [-0.3, -0.25) is 0 Å². The highest BCUT2D eigenvalue weighted by molar-refractivity contribution is 14.0. The predicted molar refractivity (Wildman–Crippen MR) is 132 cm³/mol. The summed E-state index contributed by atoms with van der Waals surface area (Å²) in [4.78, 5) is 4.78. The van der Waals surface area contributed by atoms with Crippen molar-refractivity contribution >= 4 is 40.0 Å². The van der Waals surface area contributed by atoms with Gasteiger partial charge in [0.25, 0.3) is 0 Å². The monoisotopic (exact) mass is 560 g/mol. The number of guanidine groups is 1. The molecular formula is C22H30FIN4O2S. The minimum absolute atomic E-state index is 0. The summed E-state index contributed by atoms with van der Waals surface area (Å²) >= 11 is 0. The molecular weight excluding hydrogens is 530 g/mol. The molecule has 0 atom stereocenters. The van der Waals surface area contributed by atoms with E-state index in [0.29, 0.717) is 18.2 Å². The molecule has 3 N–H and O–H groups in total. The average molecular weight is 560 g/mol. The largest absolute Gasteiger partial charge is 0.357 e. The Morgan fingerprint density at radius 3 is 2.52 bits per heavy atom. The van der Waals surface area contributed by atoms with Gasteiger partial charge in [0, 0.05) is 19.1 Å². The Balaban J connectivity index is 0.00000341. The molecule has 1 saturated carbocycles. The first kappa shape index (κ1) is 25.5. The van der Waals surface area contributed by atoms with Crippen molar-refractivity contribution in [3.05, 3.63) is 65.5 Å². The van der Waals surface area contributed by atoms with Crippen molar-refractivity contribution in [1.29, 1.82) is 0 Å². The van der Waals surface area contributed by atoms with Crippen LogP contribution < -0.4 is 15.4 Å². The SMILES string of the molecule is CCNC(=NCc1cccc(S(=O)(=O)NCc2cccc(F)c2)c1)NC1CCCC1.I. The van der Waals surface area contributed by atoms with Gasteiger partial charge in [0.15, 0.2) is 5.96 Å². The van der Waals surface area contributed by atoms with Gasteiger partial charge in [0.2, 0.25) is 10.0 Å². The molecule has 6 nitrogen and oxygen atoms in total. The van der Waals surface area contributed by atoms with Gasteiger partial charge in [-0.1, -0.05) is 37.1 Å². The third-order valence-electron chi connectivity index (χ3n) is 5.02. The van der Waals surface area contributed by atoms with Gasteiger partial charge in [-0.2, -0.15) is 0 Å². The molecule has 0 aromatic heterocycles. The van der Waals surface area contributed by atoms with Crippen molar-refractivity contribution in [2.24, 2.45) is 4.99 Å². The number of hydrogen-bond acceptors (Lipinski definition) is 3. The second kappa shape index (κ2) is 12.4. The number of aliphatic imine (C=N–C) groups is 1. The summed E-state index contributed by atoms with van der Waals surface area (Å²) in [5, 5.41) is 6.70. The quantitative estimate of drug-likeness (QED) is 0.260. The molecule has 2 aromatic carbocycles. The number of rotatable bonds is 8. The molecule has 0 saturated heterocycles. The van der Waals surface area contributed by atoms with Gasteiger partial charge < -0.3 is 10.6 Å². The van der Waals surface area contributed by atoms with Crippen LogP contribution in [0.3, 0.4) is 0 Å².